The molecule has 2 N–H and O–H groups in total. The fourth-order valence-corrected chi connectivity index (χ4v) is 3.11. The second kappa shape index (κ2) is 4.52. The fourth-order valence-electron chi connectivity index (χ4n) is 3.11. The van der Waals surface area contributed by atoms with Gasteiger partial charge in [-0.3, -0.25) is 9.69 Å². The summed E-state index contributed by atoms with van der Waals surface area (Å²) in [5.41, 5.74) is 5.41. The molecule has 0 bridgehead atoms. The van der Waals surface area contributed by atoms with Crippen molar-refractivity contribution in [2.24, 2.45) is 11.7 Å². The molecule has 2 rings (SSSR count). The predicted octanol–water partition coefficient (Wildman–Crippen LogP) is 1.51. The average molecular weight is 210 g/mol. The molecule has 0 radical (unpaired) electrons. The van der Waals surface area contributed by atoms with Gasteiger partial charge in [0.1, 0.15) is 0 Å². The van der Waals surface area contributed by atoms with Crippen LogP contribution in [-0.2, 0) is 4.79 Å². The first kappa shape index (κ1) is 10.9. The molecule has 1 aliphatic carbocycles. The van der Waals surface area contributed by atoms with Gasteiger partial charge in [-0.15, -0.1) is 0 Å². The molecular formula is C12H22N2O. The topological polar surface area (TPSA) is 46.3 Å². The number of hydrogen-bond donors (Lipinski definition) is 1. The SMILES string of the molecule is CC1CCC(C(N)=O)CN1C1CCCC1. The van der Waals surface area contributed by atoms with Crippen LogP contribution < -0.4 is 5.73 Å². The number of likely N-dealkylation sites (tertiary alicyclic amines) is 1. The monoisotopic (exact) mass is 210 g/mol. The quantitative estimate of drug-likeness (QED) is 0.751. The smallest absolute Gasteiger partial charge is 0.221 e. The molecule has 1 aliphatic heterocycles. The molecule has 86 valence electrons. The minimum atomic E-state index is -0.107. The van der Waals surface area contributed by atoms with Crippen molar-refractivity contribution < 1.29 is 4.79 Å². The van der Waals surface area contributed by atoms with Gasteiger partial charge in [0, 0.05) is 18.6 Å². The van der Waals surface area contributed by atoms with Crippen LogP contribution in [0.25, 0.3) is 0 Å². The largest absolute Gasteiger partial charge is 0.369 e. The number of piperidine rings is 1. The summed E-state index contributed by atoms with van der Waals surface area (Å²) in [5, 5.41) is 0. The zero-order valence-corrected chi connectivity index (χ0v) is 9.61. The lowest BCUT2D eigenvalue weighted by atomic mass is 9.91. The molecule has 1 saturated heterocycles. The number of carbonyl (C=O) groups is 1. The second-order valence-corrected chi connectivity index (χ2v) is 5.16. The summed E-state index contributed by atoms with van der Waals surface area (Å²) in [6.07, 6.45) is 7.46. The highest BCUT2D eigenvalue weighted by Gasteiger charge is 2.33. The van der Waals surface area contributed by atoms with Gasteiger partial charge in [-0.05, 0) is 32.6 Å². The van der Waals surface area contributed by atoms with Crippen molar-refractivity contribution in [2.75, 3.05) is 6.54 Å². The van der Waals surface area contributed by atoms with E-state index in [4.69, 9.17) is 5.73 Å². The molecule has 2 atom stereocenters. The summed E-state index contributed by atoms with van der Waals surface area (Å²) < 4.78 is 0. The Morgan fingerprint density at radius 3 is 2.47 bits per heavy atom. The van der Waals surface area contributed by atoms with Crippen molar-refractivity contribution >= 4 is 5.91 Å². The van der Waals surface area contributed by atoms with Crippen molar-refractivity contribution in [3.8, 4) is 0 Å². The number of amides is 1. The average Bonchev–Trinajstić information content (AvgIpc) is 2.71. The summed E-state index contributed by atoms with van der Waals surface area (Å²) in [5.74, 6) is -0.00769. The van der Waals surface area contributed by atoms with E-state index in [2.05, 4.69) is 11.8 Å². The first-order valence-corrected chi connectivity index (χ1v) is 6.23. The van der Waals surface area contributed by atoms with E-state index in [1.165, 1.54) is 25.7 Å². The summed E-state index contributed by atoms with van der Waals surface area (Å²) in [6.45, 7) is 3.19. The third kappa shape index (κ3) is 2.33. The van der Waals surface area contributed by atoms with Crippen LogP contribution in [0.4, 0.5) is 0 Å². The molecule has 15 heavy (non-hydrogen) atoms. The van der Waals surface area contributed by atoms with E-state index in [0.29, 0.717) is 6.04 Å². The molecule has 2 aliphatic rings. The first-order chi connectivity index (χ1) is 7.18. The number of nitrogens with two attached hydrogens (primary N) is 1. The lowest BCUT2D eigenvalue weighted by Crippen LogP contribution is -2.49. The van der Waals surface area contributed by atoms with Crippen molar-refractivity contribution in [3.63, 3.8) is 0 Å². The van der Waals surface area contributed by atoms with E-state index in [0.717, 1.165) is 25.4 Å². The minimum absolute atomic E-state index is 0.0989. The fraction of sp³-hybridized carbons (Fsp3) is 0.917. The lowest BCUT2D eigenvalue weighted by Gasteiger charge is -2.40. The molecule has 2 unspecified atom stereocenters. The second-order valence-electron chi connectivity index (χ2n) is 5.16. The lowest BCUT2D eigenvalue weighted by molar-refractivity contribution is -0.124. The number of nitrogens with zero attached hydrogens (tertiary/aromatic N) is 1. The van der Waals surface area contributed by atoms with Crippen molar-refractivity contribution in [1.82, 2.24) is 4.90 Å². The Bertz CT molecular complexity index is 236. The van der Waals surface area contributed by atoms with Gasteiger partial charge in [0.05, 0.1) is 5.92 Å². The third-order valence-electron chi connectivity index (χ3n) is 4.13. The van der Waals surface area contributed by atoms with Crippen molar-refractivity contribution in [3.05, 3.63) is 0 Å². The van der Waals surface area contributed by atoms with E-state index in [-0.39, 0.29) is 11.8 Å². The first-order valence-electron chi connectivity index (χ1n) is 6.23. The maximum Gasteiger partial charge on any atom is 0.221 e. The Kier molecular flexibility index (Phi) is 3.29. The normalized spacial score (nSPS) is 34.5. The van der Waals surface area contributed by atoms with Crippen LogP contribution in [-0.4, -0.2) is 29.4 Å². The minimum Gasteiger partial charge on any atom is -0.369 e. The number of rotatable bonds is 2. The van der Waals surface area contributed by atoms with Gasteiger partial charge in [-0.25, -0.2) is 0 Å². The summed E-state index contributed by atoms with van der Waals surface area (Å²) in [4.78, 5) is 13.8. The van der Waals surface area contributed by atoms with Gasteiger partial charge in [0.25, 0.3) is 0 Å². The molecule has 3 heteroatoms. The van der Waals surface area contributed by atoms with E-state index >= 15 is 0 Å². The maximum atomic E-state index is 11.2. The van der Waals surface area contributed by atoms with Crippen molar-refractivity contribution in [2.45, 2.75) is 57.5 Å². The Morgan fingerprint density at radius 2 is 1.87 bits per heavy atom. The van der Waals surface area contributed by atoms with Gasteiger partial charge in [0.15, 0.2) is 0 Å². The van der Waals surface area contributed by atoms with Gasteiger partial charge in [0.2, 0.25) is 5.91 Å². The summed E-state index contributed by atoms with van der Waals surface area (Å²) in [6, 6.07) is 1.37. The highest BCUT2D eigenvalue weighted by Crippen LogP contribution is 2.30. The predicted molar refractivity (Wildman–Crippen MR) is 60.3 cm³/mol. The molecule has 1 amide bonds. The summed E-state index contributed by atoms with van der Waals surface area (Å²) >= 11 is 0. The van der Waals surface area contributed by atoms with Crippen LogP contribution in [0.15, 0.2) is 0 Å². The van der Waals surface area contributed by atoms with E-state index in [1.807, 2.05) is 0 Å². The molecule has 0 aromatic carbocycles. The maximum absolute atomic E-state index is 11.2. The zero-order chi connectivity index (χ0) is 10.8. The van der Waals surface area contributed by atoms with E-state index < -0.39 is 0 Å². The Morgan fingerprint density at radius 1 is 1.20 bits per heavy atom. The Labute approximate surface area is 92.0 Å². The highest BCUT2D eigenvalue weighted by molar-refractivity contribution is 5.77. The summed E-state index contributed by atoms with van der Waals surface area (Å²) in [7, 11) is 0. The van der Waals surface area contributed by atoms with Crippen LogP contribution in [0, 0.1) is 5.92 Å². The van der Waals surface area contributed by atoms with Gasteiger partial charge >= 0.3 is 0 Å². The standard InChI is InChI=1S/C12H22N2O/c1-9-6-7-10(12(13)15)8-14(9)11-4-2-3-5-11/h9-11H,2-8H2,1H3,(H2,13,15). The molecular weight excluding hydrogens is 188 g/mol. The molecule has 0 aromatic rings. The van der Waals surface area contributed by atoms with Gasteiger partial charge in [-0.1, -0.05) is 12.8 Å². The molecule has 3 nitrogen and oxygen atoms in total. The number of carbonyl (C=O) groups excluding carboxylic acids is 1. The van der Waals surface area contributed by atoms with Gasteiger partial charge in [-0.2, -0.15) is 0 Å². The third-order valence-corrected chi connectivity index (χ3v) is 4.13. The van der Waals surface area contributed by atoms with Crippen molar-refractivity contribution in [1.29, 1.82) is 0 Å². The Balaban J connectivity index is 1.98. The molecule has 1 saturated carbocycles. The van der Waals surface area contributed by atoms with Crippen LogP contribution >= 0.6 is 0 Å². The van der Waals surface area contributed by atoms with E-state index in [9.17, 15) is 4.79 Å². The Hall–Kier alpha value is -0.570. The zero-order valence-electron chi connectivity index (χ0n) is 9.61. The van der Waals surface area contributed by atoms with Crippen LogP contribution in [0.5, 0.6) is 0 Å². The highest BCUT2D eigenvalue weighted by atomic mass is 16.1. The number of primary amides is 1. The molecule has 2 fully saturated rings. The van der Waals surface area contributed by atoms with Crippen LogP contribution in [0.1, 0.15) is 45.4 Å². The van der Waals surface area contributed by atoms with Gasteiger partial charge < -0.3 is 5.73 Å². The van der Waals surface area contributed by atoms with E-state index in [1.54, 1.807) is 0 Å². The van der Waals surface area contributed by atoms with Crippen LogP contribution in [0.3, 0.4) is 0 Å². The molecule has 1 heterocycles. The molecule has 0 spiro atoms. The van der Waals surface area contributed by atoms with Crippen LogP contribution in [0.2, 0.25) is 0 Å². The molecule has 0 aromatic heterocycles. The number of hydrogen-bond acceptors (Lipinski definition) is 2.